The third-order valence-corrected chi connectivity index (χ3v) is 8.89. The summed E-state index contributed by atoms with van der Waals surface area (Å²) >= 11 is 0. The highest BCUT2D eigenvalue weighted by atomic mass is 28.3. The molecule has 2 fully saturated rings. The van der Waals surface area contributed by atoms with E-state index in [0.29, 0.717) is 11.8 Å². The van der Waals surface area contributed by atoms with Gasteiger partial charge in [-0.05, 0) is 50.4 Å². The Morgan fingerprint density at radius 3 is 2.30 bits per heavy atom. The second-order valence-electron chi connectivity index (χ2n) is 13.0. The lowest BCUT2D eigenvalue weighted by Crippen LogP contribution is -2.46. The van der Waals surface area contributed by atoms with Crippen LogP contribution < -0.4 is 0 Å². The van der Waals surface area contributed by atoms with Crippen LogP contribution in [-0.4, -0.2) is 38.2 Å². The number of rotatable bonds is 11. The minimum Gasteiger partial charge on any atom is -0.481 e. The molecule has 2 aliphatic rings. The molecule has 1 aliphatic heterocycles. The molecule has 0 aromatic heterocycles. The Morgan fingerprint density at radius 1 is 1.12 bits per heavy atom. The number of hydrogen-bond acceptors (Lipinski definition) is 3. The molecule has 4 nitrogen and oxygen atoms in total. The molecule has 1 saturated carbocycles. The van der Waals surface area contributed by atoms with Crippen LogP contribution in [0.15, 0.2) is 11.3 Å². The second-order valence-corrected chi connectivity index (χ2v) is 18.0. The first-order valence-electron chi connectivity index (χ1n) is 13.5. The Kier molecular flexibility index (Phi) is 10.3. The zero-order valence-electron chi connectivity index (χ0n) is 22.8. The molecular formula is C28H52O4Si. The van der Waals surface area contributed by atoms with E-state index < -0.39 is 19.8 Å². The Labute approximate surface area is 204 Å². The first kappa shape index (κ1) is 28.6. The summed E-state index contributed by atoms with van der Waals surface area (Å²) in [5.41, 5.74) is 4.07. The number of unbranched alkanes of at least 4 members (excludes halogenated alkanes) is 3. The second kappa shape index (κ2) is 11.9. The van der Waals surface area contributed by atoms with Crippen LogP contribution in [0.25, 0.3) is 0 Å². The zero-order chi connectivity index (χ0) is 24.9. The fourth-order valence-electron chi connectivity index (χ4n) is 5.64. The van der Waals surface area contributed by atoms with Crippen LogP contribution in [0.4, 0.5) is 0 Å². The molecule has 1 aliphatic carbocycles. The number of carbonyl (C=O) groups is 1. The fraction of sp³-hybridized carbons (Fsp3) is 0.893. The average Bonchev–Trinajstić information content (AvgIpc) is 2.70. The van der Waals surface area contributed by atoms with Gasteiger partial charge in [-0.15, -0.1) is 0 Å². The number of carboxylic acids is 1. The number of hydrogen-bond donors (Lipinski definition) is 1. The van der Waals surface area contributed by atoms with Crippen LogP contribution in [0.5, 0.6) is 0 Å². The predicted octanol–water partition coefficient (Wildman–Crippen LogP) is 7.69. The minimum absolute atomic E-state index is 0.0676. The summed E-state index contributed by atoms with van der Waals surface area (Å²) < 4.78 is 12.4. The van der Waals surface area contributed by atoms with E-state index in [0.717, 1.165) is 58.2 Å². The van der Waals surface area contributed by atoms with E-state index in [1.807, 2.05) is 0 Å². The van der Waals surface area contributed by atoms with Crippen molar-refractivity contribution in [3.63, 3.8) is 0 Å². The molecule has 1 N–H and O–H groups in total. The molecule has 0 aromatic rings. The third kappa shape index (κ3) is 8.81. The molecule has 33 heavy (non-hydrogen) atoms. The van der Waals surface area contributed by atoms with E-state index in [9.17, 15) is 9.90 Å². The van der Waals surface area contributed by atoms with Gasteiger partial charge in [0.1, 0.15) is 0 Å². The van der Waals surface area contributed by atoms with Crippen molar-refractivity contribution in [2.75, 3.05) is 13.2 Å². The van der Waals surface area contributed by atoms with Gasteiger partial charge >= 0.3 is 5.97 Å². The van der Waals surface area contributed by atoms with Gasteiger partial charge in [-0.3, -0.25) is 4.79 Å². The van der Waals surface area contributed by atoms with Crippen LogP contribution in [0, 0.1) is 29.1 Å². The van der Waals surface area contributed by atoms with Crippen molar-refractivity contribution in [2.45, 2.75) is 118 Å². The lowest BCUT2D eigenvalue weighted by atomic mass is 9.65. The van der Waals surface area contributed by atoms with Crippen LogP contribution in [0.1, 0.15) is 92.4 Å². The van der Waals surface area contributed by atoms with Crippen LogP contribution in [0.3, 0.4) is 0 Å². The van der Waals surface area contributed by atoms with Gasteiger partial charge < -0.3 is 14.6 Å². The smallest absolute Gasteiger partial charge is 0.307 e. The van der Waals surface area contributed by atoms with E-state index in [-0.39, 0.29) is 17.3 Å². The van der Waals surface area contributed by atoms with E-state index in [1.165, 1.54) is 18.4 Å². The number of aliphatic carboxylic acids is 1. The highest BCUT2D eigenvalue weighted by molar-refractivity contribution is 6.81. The summed E-state index contributed by atoms with van der Waals surface area (Å²) in [4.78, 5) is 12.4. The van der Waals surface area contributed by atoms with Crippen molar-refractivity contribution < 1.29 is 19.4 Å². The maximum Gasteiger partial charge on any atom is 0.307 e. The maximum absolute atomic E-state index is 12.4. The summed E-state index contributed by atoms with van der Waals surface area (Å²) in [5.74, 6) is -0.206. The molecule has 0 unspecified atom stereocenters. The molecule has 1 saturated heterocycles. The first-order chi connectivity index (χ1) is 15.3. The van der Waals surface area contributed by atoms with Gasteiger partial charge in [0.05, 0.1) is 27.2 Å². The monoisotopic (exact) mass is 480 g/mol. The van der Waals surface area contributed by atoms with Crippen molar-refractivity contribution in [2.24, 2.45) is 29.1 Å². The summed E-state index contributed by atoms with van der Waals surface area (Å²) in [7, 11) is -1.51. The molecule has 0 bridgehead atoms. The number of ether oxygens (including phenoxy) is 2. The molecule has 0 aromatic carbocycles. The van der Waals surface area contributed by atoms with Gasteiger partial charge in [0.15, 0.2) is 5.79 Å². The van der Waals surface area contributed by atoms with Gasteiger partial charge in [0.2, 0.25) is 0 Å². The lowest BCUT2D eigenvalue weighted by molar-refractivity contribution is -0.293. The van der Waals surface area contributed by atoms with Gasteiger partial charge in [-0.1, -0.05) is 84.3 Å². The standard InChI is InChI=1S/C28H52O4Si/c1-9-10-11-12-13-24(26(29)30)23-15-14-21(2)22(25(23)18-33(6,7)8)16-17-28(5)31-19-27(3,4)20-32-28/h18,21-24H,9-17,19-20H2,1-8H3,(H,29,30)/b25-18+/t21-,22+,23+,24-/m1/s1. The van der Waals surface area contributed by atoms with E-state index in [2.05, 4.69) is 60.0 Å². The minimum atomic E-state index is -1.51. The van der Waals surface area contributed by atoms with E-state index in [4.69, 9.17) is 9.47 Å². The van der Waals surface area contributed by atoms with Gasteiger partial charge in [0, 0.05) is 11.8 Å². The molecular weight excluding hydrogens is 428 g/mol. The maximum atomic E-state index is 12.4. The van der Waals surface area contributed by atoms with Crippen LogP contribution in [-0.2, 0) is 14.3 Å². The summed E-state index contributed by atoms with van der Waals surface area (Å²) in [5, 5.41) is 10.2. The van der Waals surface area contributed by atoms with Crippen molar-refractivity contribution in [1.29, 1.82) is 0 Å². The largest absolute Gasteiger partial charge is 0.481 e. The lowest BCUT2D eigenvalue weighted by Gasteiger charge is -2.44. The Hall–Kier alpha value is -0.653. The SMILES string of the molecule is CCCCCC[C@@H](C(=O)O)[C@@H]1CC[C@@H](C)[C@H](CCC2(C)OCC(C)(C)CO2)/C1=C\[Si](C)(C)C. The normalized spacial score (nSPS) is 29.7. The van der Waals surface area contributed by atoms with Crippen molar-refractivity contribution in [3.05, 3.63) is 11.3 Å². The van der Waals surface area contributed by atoms with E-state index >= 15 is 0 Å². The first-order valence-corrected chi connectivity index (χ1v) is 17.1. The summed E-state index contributed by atoms with van der Waals surface area (Å²) in [6.07, 6.45) is 9.35. The fourth-order valence-corrected chi connectivity index (χ4v) is 7.07. The summed E-state index contributed by atoms with van der Waals surface area (Å²) in [6, 6.07) is 0. The highest BCUT2D eigenvalue weighted by Gasteiger charge is 2.42. The number of allylic oxidation sites excluding steroid dienone is 1. The molecule has 2 rings (SSSR count). The Bertz CT molecular complexity index is 653. The number of carboxylic acid groups (broad SMARTS) is 1. The predicted molar refractivity (Wildman–Crippen MR) is 140 cm³/mol. The van der Waals surface area contributed by atoms with E-state index in [1.54, 1.807) is 0 Å². The topological polar surface area (TPSA) is 55.8 Å². The molecule has 4 atom stereocenters. The van der Waals surface area contributed by atoms with Crippen molar-refractivity contribution >= 4 is 14.0 Å². The molecule has 0 radical (unpaired) electrons. The van der Waals surface area contributed by atoms with Gasteiger partial charge in [-0.2, -0.15) is 0 Å². The average molecular weight is 481 g/mol. The van der Waals surface area contributed by atoms with Crippen LogP contribution >= 0.6 is 0 Å². The molecule has 192 valence electrons. The van der Waals surface area contributed by atoms with Crippen molar-refractivity contribution in [1.82, 2.24) is 0 Å². The zero-order valence-corrected chi connectivity index (χ0v) is 23.8. The Morgan fingerprint density at radius 2 is 1.76 bits per heavy atom. The molecule has 1 heterocycles. The highest BCUT2D eigenvalue weighted by Crippen LogP contribution is 2.47. The van der Waals surface area contributed by atoms with Crippen LogP contribution in [0.2, 0.25) is 19.6 Å². The van der Waals surface area contributed by atoms with Crippen molar-refractivity contribution in [3.8, 4) is 0 Å². The van der Waals surface area contributed by atoms with Gasteiger partial charge in [0.25, 0.3) is 0 Å². The third-order valence-electron chi connectivity index (χ3n) is 7.69. The Balaban J connectivity index is 2.22. The molecule has 0 amide bonds. The quantitative estimate of drug-likeness (QED) is 0.243. The van der Waals surface area contributed by atoms with Gasteiger partial charge in [-0.25, -0.2) is 0 Å². The molecule has 5 heteroatoms. The molecule has 0 spiro atoms. The summed E-state index contributed by atoms with van der Waals surface area (Å²) in [6.45, 7) is 19.6.